The number of carbonyl (C=O) groups is 2. The van der Waals surface area contributed by atoms with E-state index in [0.717, 1.165) is 12.0 Å². The van der Waals surface area contributed by atoms with Gasteiger partial charge in [-0.25, -0.2) is 13.1 Å². The number of amides is 2. The zero-order valence-corrected chi connectivity index (χ0v) is 19.0. The molecule has 1 heterocycles. The van der Waals surface area contributed by atoms with Gasteiger partial charge in [-0.05, 0) is 48.4 Å². The molecular formula is C24H25N3O5S. The molecule has 0 spiro atoms. The Hall–Kier alpha value is -3.56. The highest BCUT2D eigenvalue weighted by molar-refractivity contribution is 7.90. The van der Waals surface area contributed by atoms with Crippen molar-refractivity contribution >= 4 is 21.8 Å². The first-order valence-corrected chi connectivity index (χ1v) is 11.9. The van der Waals surface area contributed by atoms with Gasteiger partial charge >= 0.3 is 0 Å². The molecule has 0 saturated heterocycles. The van der Waals surface area contributed by atoms with E-state index in [0.29, 0.717) is 24.4 Å². The van der Waals surface area contributed by atoms with E-state index in [4.69, 9.17) is 4.74 Å². The second-order valence-corrected chi connectivity index (χ2v) is 8.91. The van der Waals surface area contributed by atoms with Crippen LogP contribution in [0.1, 0.15) is 45.3 Å². The average molecular weight is 468 g/mol. The molecule has 33 heavy (non-hydrogen) atoms. The van der Waals surface area contributed by atoms with E-state index in [1.807, 2.05) is 42.0 Å². The van der Waals surface area contributed by atoms with E-state index in [-0.39, 0.29) is 23.0 Å². The Kier molecular flexibility index (Phi) is 8.28. The highest BCUT2D eigenvalue weighted by Gasteiger charge is 2.19. The van der Waals surface area contributed by atoms with Crippen LogP contribution in [0, 0.1) is 0 Å². The Balaban J connectivity index is 1.56. The van der Waals surface area contributed by atoms with Crippen LogP contribution in [-0.4, -0.2) is 31.8 Å². The molecule has 2 N–H and O–H groups in total. The third kappa shape index (κ3) is 6.96. The number of aromatic nitrogens is 1. The minimum absolute atomic E-state index is 0.0981. The van der Waals surface area contributed by atoms with Crippen LogP contribution in [0.25, 0.3) is 0 Å². The Morgan fingerprint density at radius 2 is 1.58 bits per heavy atom. The number of hydrogen-bond acceptors (Lipinski definition) is 6. The van der Waals surface area contributed by atoms with Crippen molar-refractivity contribution in [3.8, 4) is 0 Å². The lowest BCUT2D eigenvalue weighted by Gasteiger charge is -2.09. The molecule has 0 atom stereocenters. The van der Waals surface area contributed by atoms with E-state index in [1.54, 1.807) is 6.07 Å². The van der Waals surface area contributed by atoms with Gasteiger partial charge in [0.05, 0.1) is 29.4 Å². The van der Waals surface area contributed by atoms with Gasteiger partial charge in [0.15, 0.2) is 0 Å². The number of rotatable bonds is 10. The molecule has 0 aliphatic rings. The maximum Gasteiger partial charge on any atom is 0.266 e. The van der Waals surface area contributed by atoms with E-state index in [2.05, 4.69) is 10.3 Å². The predicted molar refractivity (Wildman–Crippen MR) is 123 cm³/mol. The lowest BCUT2D eigenvalue weighted by Crippen LogP contribution is -2.30. The van der Waals surface area contributed by atoms with E-state index < -0.39 is 15.9 Å². The maximum atomic E-state index is 12.5. The largest absolute Gasteiger partial charge is 0.370 e. The molecule has 3 aromatic rings. The van der Waals surface area contributed by atoms with Crippen LogP contribution in [0.3, 0.4) is 0 Å². The monoisotopic (exact) mass is 467 g/mol. The Labute approximate surface area is 193 Å². The summed E-state index contributed by atoms with van der Waals surface area (Å²) in [6, 6.07) is 18.1. The predicted octanol–water partition coefficient (Wildman–Crippen LogP) is 3.06. The van der Waals surface area contributed by atoms with Crippen LogP contribution >= 0.6 is 0 Å². The smallest absolute Gasteiger partial charge is 0.266 e. The van der Waals surface area contributed by atoms with Crippen molar-refractivity contribution in [3.05, 3.63) is 95.3 Å². The Morgan fingerprint density at radius 3 is 2.21 bits per heavy atom. The van der Waals surface area contributed by atoms with E-state index >= 15 is 0 Å². The van der Waals surface area contributed by atoms with E-state index in [1.165, 1.54) is 36.5 Å². The van der Waals surface area contributed by atoms with Gasteiger partial charge in [0, 0.05) is 18.3 Å². The summed E-state index contributed by atoms with van der Waals surface area (Å²) in [5.74, 6) is -1.09. The summed E-state index contributed by atoms with van der Waals surface area (Å²) in [5.41, 5.74) is 2.08. The van der Waals surface area contributed by atoms with Crippen molar-refractivity contribution in [3.63, 3.8) is 0 Å². The fraction of sp³-hybridized carbons (Fsp3) is 0.208. The number of carbonyl (C=O) groups excluding carboxylic acids is 2. The number of nitrogens with one attached hydrogen (secondary N) is 2. The number of sulfonamides is 1. The van der Waals surface area contributed by atoms with Crippen molar-refractivity contribution in [2.24, 2.45) is 0 Å². The number of benzene rings is 2. The first-order chi connectivity index (χ1) is 15.9. The molecular weight excluding hydrogens is 442 g/mol. The minimum atomic E-state index is -4.11. The molecule has 0 aliphatic heterocycles. The number of nitrogens with zero attached hydrogens (tertiary/aromatic N) is 1. The van der Waals surface area contributed by atoms with Crippen LogP contribution in [0.4, 0.5) is 0 Å². The zero-order chi connectivity index (χ0) is 23.7. The SMILES string of the molecule is CCCNC(=O)c1ccc(S(=O)(=O)NC(=O)c2ccc(COCc3ccccc3)nc2)cc1. The minimum Gasteiger partial charge on any atom is -0.370 e. The van der Waals surface area contributed by atoms with Gasteiger partial charge in [0.1, 0.15) is 0 Å². The quantitative estimate of drug-likeness (QED) is 0.474. The van der Waals surface area contributed by atoms with Crippen molar-refractivity contribution < 1.29 is 22.7 Å². The molecule has 172 valence electrons. The van der Waals surface area contributed by atoms with Crippen molar-refractivity contribution in [1.82, 2.24) is 15.0 Å². The lowest BCUT2D eigenvalue weighted by atomic mass is 10.2. The van der Waals surface area contributed by atoms with Crippen LogP contribution < -0.4 is 10.0 Å². The summed E-state index contributed by atoms with van der Waals surface area (Å²) in [4.78, 5) is 28.4. The van der Waals surface area contributed by atoms with Crippen molar-refractivity contribution in [2.45, 2.75) is 31.5 Å². The molecule has 1 aromatic heterocycles. The van der Waals surface area contributed by atoms with Crippen LogP contribution in [-0.2, 0) is 28.0 Å². The number of ether oxygens (including phenoxy) is 1. The molecule has 0 aliphatic carbocycles. The molecule has 2 amide bonds. The van der Waals surface area contributed by atoms with Crippen molar-refractivity contribution in [2.75, 3.05) is 6.54 Å². The van der Waals surface area contributed by atoms with Crippen LogP contribution in [0.2, 0.25) is 0 Å². The van der Waals surface area contributed by atoms with Crippen LogP contribution in [0.5, 0.6) is 0 Å². The van der Waals surface area contributed by atoms with E-state index in [9.17, 15) is 18.0 Å². The van der Waals surface area contributed by atoms with Gasteiger partial charge in [-0.3, -0.25) is 14.6 Å². The highest BCUT2D eigenvalue weighted by Crippen LogP contribution is 2.12. The summed E-state index contributed by atoms with van der Waals surface area (Å²) in [5, 5.41) is 2.71. The second kappa shape index (κ2) is 11.3. The standard InChI is InChI=1S/C24H25N3O5S/c1-2-14-25-23(28)19-9-12-22(13-10-19)33(30,31)27-24(29)20-8-11-21(26-15-20)17-32-16-18-6-4-3-5-7-18/h3-13,15H,2,14,16-17H2,1H3,(H,25,28)(H,27,29). The summed E-state index contributed by atoms with van der Waals surface area (Å²) in [7, 11) is -4.11. The summed E-state index contributed by atoms with van der Waals surface area (Å²) in [6.07, 6.45) is 2.09. The molecule has 0 bridgehead atoms. The molecule has 0 fully saturated rings. The first kappa shape index (κ1) is 24.1. The zero-order valence-electron chi connectivity index (χ0n) is 18.2. The summed E-state index contributed by atoms with van der Waals surface area (Å²) < 4.78 is 32.7. The number of pyridine rings is 1. The third-order valence-electron chi connectivity index (χ3n) is 4.64. The fourth-order valence-electron chi connectivity index (χ4n) is 2.86. The number of hydrogen-bond donors (Lipinski definition) is 2. The van der Waals surface area contributed by atoms with Crippen LogP contribution in [0.15, 0.2) is 77.8 Å². The van der Waals surface area contributed by atoms with Gasteiger partial charge in [-0.1, -0.05) is 37.3 Å². The maximum absolute atomic E-state index is 12.5. The van der Waals surface area contributed by atoms with Gasteiger partial charge in [0.2, 0.25) is 0 Å². The average Bonchev–Trinajstić information content (AvgIpc) is 2.83. The first-order valence-electron chi connectivity index (χ1n) is 10.4. The summed E-state index contributed by atoms with van der Waals surface area (Å²) >= 11 is 0. The Bertz CT molecular complexity index is 1180. The van der Waals surface area contributed by atoms with Gasteiger partial charge < -0.3 is 10.1 Å². The molecule has 9 heteroatoms. The molecule has 3 rings (SSSR count). The molecule has 0 saturated carbocycles. The van der Waals surface area contributed by atoms with Gasteiger partial charge in [-0.15, -0.1) is 0 Å². The molecule has 0 radical (unpaired) electrons. The second-order valence-electron chi connectivity index (χ2n) is 7.23. The lowest BCUT2D eigenvalue weighted by molar-refractivity contribution is 0.0950. The highest BCUT2D eigenvalue weighted by atomic mass is 32.2. The molecule has 0 unspecified atom stereocenters. The molecule has 8 nitrogen and oxygen atoms in total. The third-order valence-corrected chi connectivity index (χ3v) is 5.98. The summed E-state index contributed by atoms with van der Waals surface area (Å²) in [6.45, 7) is 3.15. The molecule has 2 aromatic carbocycles. The fourth-order valence-corrected chi connectivity index (χ4v) is 3.83. The van der Waals surface area contributed by atoms with Crippen molar-refractivity contribution in [1.29, 1.82) is 0 Å². The topological polar surface area (TPSA) is 114 Å². The van der Waals surface area contributed by atoms with Gasteiger partial charge in [0.25, 0.3) is 21.8 Å². The van der Waals surface area contributed by atoms with Gasteiger partial charge in [-0.2, -0.15) is 0 Å². The normalized spacial score (nSPS) is 11.1. The Morgan fingerprint density at radius 1 is 0.879 bits per heavy atom.